The minimum absolute atomic E-state index is 0.228. The Labute approximate surface area is 154 Å². The van der Waals surface area contributed by atoms with E-state index < -0.39 is 0 Å². The lowest BCUT2D eigenvalue weighted by Crippen LogP contribution is -2.37. The molecule has 0 N–H and O–H groups in total. The highest BCUT2D eigenvalue weighted by atomic mass is 16.6. The van der Waals surface area contributed by atoms with Crippen LogP contribution in [0.4, 0.5) is 0 Å². The highest BCUT2D eigenvalue weighted by molar-refractivity contribution is 5.36. The first kappa shape index (κ1) is 17.2. The molecule has 6 nitrogen and oxygen atoms in total. The maximum absolute atomic E-state index is 5.65. The summed E-state index contributed by atoms with van der Waals surface area (Å²) in [7, 11) is 0. The van der Waals surface area contributed by atoms with Gasteiger partial charge in [-0.2, -0.15) is 0 Å². The Hall–Kier alpha value is -2.21. The molecule has 2 atom stereocenters. The number of hydrogen-bond donors (Lipinski definition) is 0. The van der Waals surface area contributed by atoms with Gasteiger partial charge in [-0.25, -0.2) is 4.98 Å². The van der Waals surface area contributed by atoms with Crippen molar-refractivity contribution in [2.24, 2.45) is 0 Å². The normalized spacial score (nSPS) is 21.4. The third kappa shape index (κ3) is 3.38. The zero-order valence-corrected chi connectivity index (χ0v) is 15.7. The number of rotatable bonds is 3. The van der Waals surface area contributed by atoms with Crippen LogP contribution in [0, 0.1) is 13.8 Å². The first-order valence-electron chi connectivity index (χ1n) is 9.42. The molecular formula is C20H26N4O2. The van der Waals surface area contributed by atoms with Gasteiger partial charge >= 0.3 is 0 Å². The molecule has 6 heteroatoms. The van der Waals surface area contributed by atoms with Gasteiger partial charge in [0.1, 0.15) is 13.2 Å². The average Bonchev–Trinajstić information content (AvgIpc) is 2.69. The second kappa shape index (κ2) is 7.19. The fourth-order valence-corrected chi connectivity index (χ4v) is 3.89. The zero-order valence-electron chi connectivity index (χ0n) is 15.7. The number of ether oxygens (including phenoxy) is 2. The Morgan fingerprint density at radius 3 is 2.88 bits per heavy atom. The monoisotopic (exact) mass is 354 g/mol. The van der Waals surface area contributed by atoms with Gasteiger partial charge in [0.05, 0.1) is 22.8 Å². The van der Waals surface area contributed by atoms with Crippen molar-refractivity contribution in [3.05, 3.63) is 41.1 Å². The number of aromatic nitrogens is 3. The highest BCUT2D eigenvalue weighted by Gasteiger charge is 2.28. The predicted molar refractivity (Wildman–Crippen MR) is 98.7 cm³/mol. The molecule has 2 unspecified atom stereocenters. The van der Waals surface area contributed by atoms with Crippen LogP contribution in [0.5, 0.6) is 11.6 Å². The molecule has 2 aliphatic rings. The van der Waals surface area contributed by atoms with Crippen LogP contribution < -0.4 is 9.47 Å². The fourth-order valence-electron chi connectivity index (χ4n) is 3.89. The maximum Gasteiger partial charge on any atom is 0.257 e. The lowest BCUT2D eigenvalue weighted by Gasteiger charge is -2.36. The molecule has 4 rings (SSSR count). The zero-order chi connectivity index (χ0) is 18.1. The third-order valence-corrected chi connectivity index (χ3v) is 5.35. The van der Waals surface area contributed by atoms with E-state index >= 15 is 0 Å². The summed E-state index contributed by atoms with van der Waals surface area (Å²) >= 11 is 0. The van der Waals surface area contributed by atoms with Gasteiger partial charge in [0, 0.05) is 24.7 Å². The molecule has 0 amide bonds. The number of piperidine rings is 1. The third-order valence-electron chi connectivity index (χ3n) is 5.35. The summed E-state index contributed by atoms with van der Waals surface area (Å²) in [4.78, 5) is 16.5. The van der Waals surface area contributed by atoms with E-state index in [1.807, 2.05) is 19.2 Å². The number of aryl methyl sites for hydroxylation is 2. The summed E-state index contributed by atoms with van der Waals surface area (Å²) in [6.45, 7) is 9.51. The second-order valence-corrected chi connectivity index (χ2v) is 7.23. The molecule has 0 bridgehead atoms. The minimum Gasteiger partial charge on any atom is -0.484 e. The van der Waals surface area contributed by atoms with Crippen LogP contribution in [0.25, 0.3) is 0 Å². The molecule has 1 saturated heterocycles. The van der Waals surface area contributed by atoms with Crippen molar-refractivity contribution < 1.29 is 9.47 Å². The molecule has 1 fully saturated rings. The number of fused-ring (bicyclic) bond motifs is 1. The number of pyridine rings is 1. The molecule has 0 aliphatic carbocycles. The van der Waals surface area contributed by atoms with Gasteiger partial charge in [0.2, 0.25) is 0 Å². The molecule has 0 radical (unpaired) electrons. The first-order chi connectivity index (χ1) is 12.6. The van der Waals surface area contributed by atoms with Crippen LogP contribution >= 0.6 is 0 Å². The van der Waals surface area contributed by atoms with Gasteiger partial charge in [-0.05, 0) is 52.3 Å². The molecule has 2 aromatic heterocycles. The van der Waals surface area contributed by atoms with Crippen LogP contribution in [-0.4, -0.2) is 46.2 Å². The highest BCUT2D eigenvalue weighted by Crippen LogP contribution is 2.34. The number of nitrogens with zero attached hydrogens (tertiary/aromatic N) is 4. The van der Waals surface area contributed by atoms with E-state index in [0.29, 0.717) is 25.0 Å². The molecule has 4 heterocycles. The van der Waals surface area contributed by atoms with Gasteiger partial charge in [-0.15, -0.1) is 0 Å². The quantitative estimate of drug-likeness (QED) is 0.844. The molecule has 0 spiro atoms. The number of likely N-dealkylation sites (tertiary alicyclic amines) is 1. The van der Waals surface area contributed by atoms with Crippen molar-refractivity contribution in [1.29, 1.82) is 0 Å². The van der Waals surface area contributed by atoms with Crippen molar-refractivity contribution in [3.8, 4) is 11.6 Å². The molecule has 138 valence electrons. The molecule has 2 aromatic rings. The van der Waals surface area contributed by atoms with E-state index in [4.69, 9.17) is 19.4 Å². The standard InChI is InChI=1S/C20H26N4O2/c1-13-11-21-14(2)19(22-13)16-5-4-8-24(12-16)15(3)17-6-7-18-20(23-17)26-10-9-25-18/h6-7,11,15-16H,4-5,8-10,12H2,1-3H3. The van der Waals surface area contributed by atoms with Crippen molar-refractivity contribution in [2.75, 3.05) is 26.3 Å². The molecule has 2 aliphatic heterocycles. The van der Waals surface area contributed by atoms with Crippen LogP contribution in [0.1, 0.15) is 54.5 Å². The molecular weight excluding hydrogens is 328 g/mol. The minimum atomic E-state index is 0.228. The van der Waals surface area contributed by atoms with Gasteiger partial charge in [0.25, 0.3) is 5.88 Å². The molecule has 0 saturated carbocycles. The van der Waals surface area contributed by atoms with Crippen molar-refractivity contribution >= 4 is 0 Å². The molecule has 26 heavy (non-hydrogen) atoms. The summed E-state index contributed by atoms with van der Waals surface area (Å²) in [6.07, 6.45) is 4.17. The first-order valence-corrected chi connectivity index (χ1v) is 9.42. The van der Waals surface area contributed by atoms with Gasteiger partial charge in [-0.3, -0.25) is 14.9 Å². The second-order valence-electron chi connectivity index (χ2n) is 7.23. The van der Waals surface area contributed by atoms with Gasteiger partial charge in [-0.1, -0.05) is 0 Å². The van der Waals surface area contributed by atoms with E-state index in [-0.39, 0.29) is 6.04 Å². The van der Waals surface area contributed by atoms with E-state index in [0.717, 1.165) is 54.5 Å². The van der Waals surface area contributed by atoms with E-state index in [1.165, 1.54) is 0 Å². The van der Waals surface area contributed by atoms with Gasteiger partial charge in [0.15, 0.2) is 5.75 Å². The topological polar surface area (TPSA) is 60.4 Å². The van der Waals surface area contributed by atoms with Crippen LogP contribution in [0.15, 0.2) is 18.3 Å². The van der Waals surface area contributed by atoms with Crippen molar-refractivity contribution in [1.82, 2.24) is 19.9 Å². The van der Waals surface area contributed by atoms with Crippen molar-refractivity contribution in [2.45, 2.75) is 45.6 Å². The summed E-state index contributed by atoms with van der Waals surface area (Å²) in [5.74, 6) is 1.79. The fraction of sp³-hybridized carbons (Fsp3) is 0.550. The largest absolute Gasteiger partial charge is 0.484 e. The Balaban J connectivity index is 1.53. The lowest BCUT2D eigenvalue weighted by atomic mass is 9.92. The smallest absolute Gasteiger partial charge is 0.257 e. The summed E-state index contributed by atoms with van der Waals surface area (Å²) in [5.41, 5.74) is 4.22. The Morgan fingerprint density at radius 2 is 2.00 bits per heavy atom. The van der Waals surface area contributed by atoms with Crippen LogP contribution in [0.2, 0.25) is 0 Å². The Kier molecular flexibility index (Phi) is 4.76. The van der Waals surface area contributed by atoms with Crippen LogP contribution in [-0.2, 0) is 0 Å². The van der Waals surface area contributed by atoms with E-state index in [9.17, 15) is 0 Å². The Bertz CT molecular complexity index is 795. The van der Waals surface area contributed by atoms with Crippen LogP contribution in [0.3, 0.4) is 0 Å². The predicted octanol–water partition coefficient (Wildman–Crippen LogP) is 3.20. The Morgan fingerprint density at radius 1 is 1.15 bits per heavy atom. The summed E-state index contributed by atoms with van der Waals surface area (Å²) < 4.78 is 11.2. The number of hydrogen-bond acceptors (Lipinski definition) is 6. The van der Waals surface area contributed by atoms with E-state index in [2.05, 4.69) is 29.8 Å². The average molecular weight is 354 g/mol. The van der Waals surface area contributed by atoms with Gasteiger partial charge < -0.3 is 9.47 Å². The van der Waals surface area contributed by atoms with Crippen molar-refractivity contribution in [3.63, 3.8) is 0 Å². The lowest BCUT2D eigenvalue weighted by molar-refractivity contribution is 0.146. The summed E-state index contributed by atoms with van der Waals surface area (Å²) in [6, 6.07) is 4.26. The SMILES string of the molecule is Cc1cnc(C)c(C2CCCN(C(C)c3ccc4c(n3)OCCO4)C2)n1. The summed E-state index contributed by atoms with van der Waals surface area (Å²) in [5, 5.41) is 0. The maximum atomic E-state index is 5.65. The molecule has 0 aromatic carbocycles. The van der Waals surface area contributed by atoms with E-state index in [1.54, 1.807) is 0 Å².